The van der Waals surface area contributed by atoms with Crippen LogP contribution in [0.15, 0.2) is 25.3 Å². The highest BCUT2D eigenvalue weighted by Crippen LogP contribution is 2.18. The van der Waals surface area contributed by atoms with Gasteiger partial charge in [0.15, 0.2) is 0 Å². The Balaban J connectivity index is 3.38. The first kappa shape index (κ1) is 32.4. The Bertz CT molecular complexity index is 500. The predicted octanol–water partition coefficient (Wildman–Crippen LogP) is 9.18. The molecule has 0 amide bonds. The van der Waals surface area contributed by atoms with E-state index in [-0.39, 0.29) is 13.0 Å². The molecule has 198 valence electrons. The van der Waals surface area contributed by atoms with Crippen LogP contribution in [0, 0.1) is 5.92 Å². The Hall–Kier alpha value is -1.58. The van der Waals surface area contributed by atoms with Crippen molar-refractivity contribution in [3.63, 3.8) is 0 Å². The number of carboxylic acids is 1. The van der Waals surface area contributed by atoms with Crippen molar-refractivity contribution >= 4 is 11.9 Å². The smallest absolute Gasteiger partial charge is 0.309 e. The van der Waals surface area contributed by atoms with Crippen molar-refractivity contribution in [1.82, 2.24) is 0 Å². The van der Waals surface area contributed by atoms with E-state index in [2.05, 4.69) is 13.2 Å². The first-order valence-electron chi connectivity index (χ1n) is 14.2. The molecule has 0 aliphatic rings. The first-order chi connectivity index (χ1) is 16.6. The maximum absolute atomic E-state index is 11.9. The van der Waals surface area contributed by atoms with Gasteiger partial charge in [-0.1, -0.05) is 134 Å². The van der Waals surface area contributed by atoms with Crippen LogP contribution in [-0.2, 0) is 14.3 Å². The summed E-state index contributed by atoms with van der Waals surface area (Å²) in [7, 11) is 0. The molecule has 0 aromatic carbocycles. The number of carbonyl (C=O) groups is 2. The van der Waals surface area contributed by atoms with Gasteiger partial charge in [-0.2, -0.15) is 0 Å². The molecule has 0 spiro atoms. The van der Waals surface area contributed by atoms with Crippen molar-refractivity contribution < 1.29 is 19.4 Å². The maximum Gasteiger partial charge on any atom is 0.309 e. The number of rotatable bonds is 27. The van der Waals surface area contributed by atoms with Crippen molar-refractivity contribution in [2.24, 2.45) is 5.92 Å². The summed E-state index contributed by atoms with van der Waals surface area (Å²) in [6.07, 6.45) is 30.2. The lowest BCUT2D eigenvalue weighted by Gasteiger charge is -2.13. The van der Waals surface area contributed by atoms with Crippen LogP contribution in [0.5, 0.6) is 0 Å². The number of hydrogen-bond donors (Lipinski definition) is 1. The Labute approximate surface area is 210 Å². The Morgan fingerprint density at radius 3 is 1.35 bits per heavy atom. The maximum atomic E-state index is 11.9. The number of esters is 1. The molecule has 0 aliphatic heterocycles. The summed E-state index contributed by atoms with van der Waals surface area (Å²) in [6, 6.07) is 0. The molecule has 4 nitrogen and oxygen atoms in total. The summed E-state index contributed by atoms with van der Waals surface area (Å²) in [5, 5.41) is 9.00. The van der Waals surface area contributed by atoms with Crippen molar-refractivity contribution in [1.29, 1.82) is 0 Å². The van der Waals surface area contributed by atoms with E-state index in [0.29, 0.717) is 6.42 Å². The molecule has 0 bridgehead atoms. The van der Waals surface area contributed by atoms with Crippen molar-refractivity contribution in [3.05, 3.63) is 25.3 Å². The van der Waals surface area contributed by atoms with Crippen molar-refractivity contribution in [2.75, 3.05) is 6.61 Å². The Morgan fingerprint density at radius 2 is 1.00 bits per heavy atom. The topological polar surface area (TPSA) is 63.6 Å². The standard InChI is InChI=1S/C30H54O4/c1-3-5-6-7-8-9-10-11-12-13-14-15-16-17-18-19-20-21-22-23-24-25-28(27-29(31)32)30(33)34-26-4-2/h3-4,28H,1-2,5-27H2,(H,31,32). The third-order valence-electron chi connectivity index (χ3n) is 6.56. The number of ether oxygens (including phenoxy) is 1. The fourth-order valence-corrected chi connectivity index (χ4v) is 4.46. The quantitative estimate of drug-likeness (QED) is 0.0726. The Morgan fingerprint density at radius 1 is 0.618 bits per heavy atom. The average Bonchev–Trinajstić information content (AvgIpc) is 2.82. The minimum Gasteiger partial charge on any atom is -0.481 e. The van der Waals surface area contributed by atoms with Crippen molar-refractivity contribution in [3.8, 4) is 0 Å². The van der Waals surface area contributed by atoms with Gasteiger partial charge in [0.2, 0.25) is 0 Å². The second-order valence-electron chi connectivity index (χ2n) is 9.80. The number of unbranched alkanes of at least 4 members (excludes halogenated alkanes) is 19. The molecule has 1 N–H and O–H groups in total. The minimum atomic E-state index is -0.943. The van der Waals surface area contributed by atoms with Gasteiger partial charge in [-0.25, -0.2) is 0 Å². The fraction of sp³-hybridized carbons (Fsp3) is 0.800. The van der Waals surface area contributed by atoms with Gasteiger partial charge in [-0.3, -0.25) is 9.59 Å². The molecule has 0 saturated heterocycles. The number of carboxylic acid groups (broad SMARTS) is 1. The molecule has 34 heavy (non-hydrogen) atoms. The summed E-state index contributed by atoms with van der Waals surface area (Å²) >= 11 is 0. The molecule has 1 atom stereocenters. The number of hydrogen-bond acceptors (Lipinski definition) is 3. The zero-order valence-electron chi connectivity index (χ0n) is 22.1. The third-order valence-corrected chi connectivity index (χ3v) is 6.56. The summed E-state index contributed by atoms with van der Waals surface area (Å²) in [5.41, 5.74) is 0. The SMILES string of the molecule is C=CCCCCCCCCCCCCCCCCCCCCCC(CC(=O)O)C(=O)OCC=C. The lowest BCUT2D eigenvalue weighted by molar-refractivity contribution is -0.152. The highest BCUT2D eigenvalue weighted by atomic mass is 16.5. The van der Waals surface area contributed by atoms with Gasteiger partial charge in [0.05, 0.1) is 12.3 Å². The van der Waals surface area contributed by atoms with Crippen LogP contribution in [0.1, 0.15) is 141 Å². The van der Waals surface area contributed by atoms with Crippen LogP contribution in [0.2, 0.25) is 0 Å². The second kappa shape index (κ2) is 26.0. The molecule has 0 rings (SSSR count). The molecule has 0 radical (unpaired) electrons. The van der Waals surface area contributed by atoms with E-state index in [9.17, 15) is 9.59 Å². The molecule has 0 saturated carbocycles. The van der Waals surface area contributed by atoms with E-state index in [1.165, 1.54) is 115 Å². The van der Waals surface area contributed by atoms with Gasteiger partial charge >= 0.3 is 11.9 Å². The summed E-state index contributed by atoms with van der Waals surface area (Å²) in [4.78, 5) is 22.9. The summed E-state index contributed by atoms with van der Waals surface area (Å²) < 4.78 is 5.03. The molecule has 1 unspecified atom stereocenters. The molecular formula is C30H54O4. The summed E-state index contributed by atoms with van der Waals surface area (Å²) in [6.45, 7) is 7.44. The van der Waals surface area contributed by atoms with Crippen LogP contribution in [0.4, 0.5) is 0 Å². The number of allylic oxidation sites excluding steroid dienone is 1. The third kappa shape index (κ3) is 23.6. The first-order valence-corrected chi connectivity index (χ1v) is 14.2. The lowest BCUT2D eigenvalue weighted by atomic mass is 9.97. The van der Waals surface area contributed by atoms with E-state index in [0.717, 1.165) is 19.3 Å². The second-order valence-corrected chi connectivity index (χ2v) is 9.80. The van der Waals surface area contributed by atoms with Crippen LogP contribution >= 0.6 is 0 Å². The summed E-state index contributed by atoms with van der Waals surface area (Å²) in [5.74, 6) is -1.88. The monoisotopic (exact) mass is 478 g/mol. The van der Waals surface area contributed by atoms with Crippen LogP contribution in [0.25, 0.3) is 0 Å². The molecule has 4 heteroatoms. The average molecular weight is 479 g/mol. The minimum absolute atomic E-state index is 0.145. The van der Waals surface area contributed by atoms with E-state index < -0.39 is 17.9 Å². The lowest BCUT2D eigenvalue weighted by Crippen LogP contribution is -2.21. The number of aliphatic carboxylic acids is 1. The van der Waals surface area contributed by atoms with Crippen molar-refractivity contribution in [2.45, 2.75) is 141 Å². The molecule has 0 aromatic rings. The molecule has 0 heterocycles. The van der Waals surface area contributed by atoms with Gasteiger partial charge in [0, 0.05) is 0 Å². The van der Waals surface area contributed by atoms with Gasteiger partial charge in [0.25, 0.3) is 0 Å². The van der Waals surface area contributed by atoms with Gasteiger partial charge in [-0.05, 0) is 19.3 Å². The Kier molecular flexibility index (Phi) is 24.8. The molecule has 0 aromatic heterocycles. The van der Waals surface area contributed by atoms with Crippen LogP contribution < -0.4 is 0 Å². The number of carbonyl (C=O) groups excluding carboxylic acids is 1. The molecule has 0 aliphatic carbocycles. The van der Waals surface area contributed by atoms with E-state index >= 15 is 0 Å². The largest absolute Gasteiger partial charge is 0.481 e. The zero-order chi connectivity index (χ0) is 25.1. The van der Waals surface area contributed by atoms with E-state index in [1.54, 1.807) is 0 Å². The fourth-order valence-electron chi connectivity index (χ4n) is 4.46. The van der Waals surface area contributed by atoms with Gasteiger partial charge in [-0.15, -0.1) is 6.58 Å². The van der Waals surface area contributed by atoms with Crippen LogP contribution in [0.3, 0.4) is 0 Å². The highest BCUT2D eigenvalue weighted by molar-refractivity contribution is 5.79. The van der Waals surface area contributed by atoms with Crippen LogP contribution in [-0.4, -0.2) is 23.7 Å². The van der Waals surface area contributed by atoms with E-state index in [4.69, 9.17) is 9.84 Å². The normalized spacial score (nSPS) is 11.8. The predicted molar refractivity (Wildman–Crippen MR) is 144 cm³/mol. The zero-order valence-corrected chi connectivity index (χ0v) is 22.1. The van der Waals surface area contributed by atoms with E-state index in [1.807, 2.05) is 6.08 Å². The van der Waals surface area contributed by atoms with Gasteiger partial charge in [0.1, 0.15) is 6.61 Å². The molecular weight excluding hydrogens is 424 g/mol. The molecule has 0 fully saturated rings. The van der Waals surface area contributed by atoms with Gasteiger partial charge < -0.3 is 9.84 Å². The highest BCUT2D eigenvalue weighted by Gasteiger charge is 2.22.